The fourth-order valence-corrected chi connectivity index (χ4v) is 2.20. The number of sulfone groups is 1. The summed E-state index contributed by atoms with van der Waals surface area (Å²) in [6.07, 6.45) is 2.48. The van der Waals surface area contributed by atoms with Crippen LogP contribution >= 0.6 is 0 Å². The Morgan fingerprint density at radius 2 is 2.00 bits per heavy atom. The first-order valence-electron chi connectivity index (χ1n) is 5.52. The number of para-hydroxylation sites is 1. The van der Waals surface area contributed by atoms with Crippen molar-refractivity contribution in [3.05, 3.63) is 29.8 Å². The predicted octanol–water partition coefficient (Wildman–Crippen LogP) is 1.03. The van der Waals surface area contributed by atoms with Crippen molar-refractivity contribution < 1.29 is 18.3 Å². The summed E-state index contributed by atoms with van der Waals surface area (Å²) in [7, 11) is -2.90. The molecule has 0 aliphatic rings. The minimum absolute atomic E-state index is 0.0301. The van der Waals surface area contributed by atoms with Crippen LogP contribution in [0.4, 0.5) is 0 Å². The molecule has 0 fully saturated rings. The van der Waals surface area contributed by atoms with E-state index in [0.717, 1.165) is 11.3 Å². The highest BCUT2D eigenvalue weighted by molar-refractivity contribution is 7.90. The van der Waals surface area contributed by atoms with Crippen LogP contribution in [0.5, 0.6) is 5.75 Å². The zero-order valence-electron chi connectivity index (χ0n) is 9.93. The van der Waals surface area contributed by atoms with Gasteiger partial charge >= 0.3 is 0 Å². The maximum atomic E-state index is 11.0. The summed E-state index contributed by atoms with van der Waals surface area (Å²) in [6, 6.07) is 7.48. The van der Waals surface area contributed by atoms with E-state index in [1.54, 1.807) is 0 Å². The Hall–Kier alpha value is -1.07. The second-order valence-electron chi connectivity index (χ2n) is 3.91. The average Bonchev–Trinajstić information content (AvgIpc) is 2.26. The highest BCUT2D eigenvalue weighted by Crippen LogP contribution is 2.19. The summed E-state index contributed by atoms with van der Waals surface area (Å²) in [6.45, 7) is 0.223. The third kappa shape index (κ3) is 5.70. The summed E-state index contributed by atoms with van der Waals surface area (Å²) < 4.78 is 27.4. The molecule has 1 rings (SSSR count). The van der Waals surface area contributed by atoms with E-state index in [1.165, 1.54) is 6.26 Å². The molecule has 0 saturated carbocycles. The smallest absolute Gasteiger partial charge is 0.147 e. The number of hydrogen-bond donors (Lipinski definition) is 1. The minimum Gasteiger partial charge on any atom is -0.491 e. The molecule has 1 aromatic carbocycles. The molecule has 96 valence electrons. The Bertz CT molecular complexity index is 440. The summed E-state index contributed by atoms with van der Waals surface area (Å²) in [5, 5.41) is 8.70. The minimum atomic E-state index is -2.90. The number of aryl methyl sites for hydroxylation is 1. The molecule has 0 aliphatic heterocycles. The van der Waals surface area contributed by atoms with Gasteiger partial charge in [-0.1, -0.05) is 18.2 Å². The van der Waals surface area contributed by atoms with Crippen LogP contribution in [0.25, 0.3) is 0 Å². The highest BCUT2D eigenvalue weighted by Gasteiger charge is 2.06. The van der Waals surface area contributed by atoms with Crippen molar-refractivity contribution in [3.63, 3.8) is 0 Å². The first kappa shape index (κ1) is 14.0. The van der Waals surface area contributed by atoms with Gasteiger partial charge in [0, 0.05) is 6.26 Å². The maximum absolute atomic E-state index is 11.0. The van der Waals surface area contributed by atoms with Gasteiger partial charge < -0.3 is 9.84 Å². The van der Waals surface area contributed by atoms with Gasteiger partial charge in [-0.3, -0.25) is 0 Å². The molecule has 0 unspecified atom stereocenters. The molecule has 0 atom stereocenters. The number of aliphatic hydroxyl groups excluding tert-OH is 1. The Morgan fingerprint density at radius 1 is 1.29 bits per heavy atom. The first-order valence-corrected chi connectivity index (χ1v) is 7.58. The third-order valence-electron chi connectivity index (χ3n) is 2.28. The predicted molar refractivity (Wildman–Crippen MR) is 67.1 cm³/mol. The topological polar surface area (TPSA) is 63.6 Å². The van der Waals surface area contributed by atoms with E-state index in [4.69, 9.17) is 9.84 Å². The van der Waals surface area contributed by atoms with Crippen LogP contribution in [0.15, 0.2) is 24.3 Å². The molecule has 0 aromatic heterocycles. The Morgan fingerprint density at radius 3 is 2.65 bits per heavy atom. The van der Waals surface area contributed by atoms with Gasteiger partial charge in [0.15, 0.2) is 0 Å². The van der Waals surface area contributed by atoms with Crippen LogP contribution in [0, 0.1) is 0 Å². The van der Waals surface area contributed by atoms with E-state index in [2.05, 4.69) is 0 Å². The van der Waals surface area contributed by atoms with E-state index in [1.807, 2.05) is 24.3 Å². The summed E-state index contributed by atoms with van der Waals surface area (Å²) in [5.41, 5.74) is 0.976. The Balaban J connectivity index is 2.57. The zero-order valence-corrected chi connectivity index (χ0v) is 10.7. The van der Waals surface area contributed by atoms with Crippen molar-refractivity contribution in [1.29, 1.82) is 0 Å². The second kappa shape index (κ2) is 6.61. The van der Waals surface area contributed by atoms with Crippen molar-refractivity contribution >= 4 is 9.84 Å². The molecule has 4 nitrogen and oxygen atoms in total. The molecule has 0 heterocycles. The lowest BCUT2D eigenvalue weighted by Crippen LogP contribution is -2.06. The second-order valence-corrected chi connectivity index (χ2v) is 6.17. The first-order chi connectivity index (χ1) is 8.03. The summed E-state index contributed by atoms with van der Waals surface area (Å²) in [4.78, 5) is 0. The van der Waals surface area contributed by atoms with Gasteiger partial charge in [-0.15, -0.1) is 0 Å². The number of aliphatic hydroxyl groups is 1. The van der Waals surface area contributed by atoms with E-state index in [-0.39, 0.29) is 19.0 Å². The van der Waals surface area contributed by atoms with Crippen molar-refractivity contribution in [1.82, 2.24) is 0 Å². The highest BCUT2D eigenvalue weighted by atomic mass is 32.2. The number of ether oxygens (including phenoxy) is 1. The molecule has 0 spiro atoms. The lowest BCUT2D eigenvalue weighted by Gasteiger charge is -2.10. The lowest BCUT2D eigenvalue weighted by atomic mass is 10.1. The average molecular weight is 258 g/mol. The largest absolute Gasteiger partial charge is 0.491 e. The molecule has 1 N–H and O–H groups in total. The van der Waals surface area contributed by atoms with Crippen molar-refractivity contribution in [2.24, 2.45) is 0 Å². The molecule has 0 bridgehead atoms. The van der Waals surface area contributed by atoms with Crippen LogP contribution in [0.2, 0.25) is 0 Å². The quantitative estimate of drug-likeness (QED) is 0.793. The van der Waals surface area contributed by atoms with Crippen LogP contribution in [-0.4, -0.2) is 38.7 Å². The molecular weight excluding hydrogens is 240 g/mol. The van der Waals surface area contributed by atoms with Gasteiger partial charge in [-0.2, -0.15) is 0 Å². The molecule has 0 aliphatic carbocycles. The van der Waals surface area contributed by atoms with Crippen LogP contribution in [0.3, 0.4) is 0 Å². The summed E-state index contributed by atoms with van der Waals surface area (Å²) in [5.74, 6) is 0.900. The fraction of sp³-hybridized carbons (Fsp3) is 0.500. The van der Waals surface area contributed by atoms with Crippen LogP contribution in [0.1, 0.15) is 12.0 Å². The molecule has 5 heteroatoms. The number of hydrogen-bond acceptors (Lipinski definition) is 4. The van der Waals surface area contributed by atoms with Gasteiger partial charge in [0.25, 0.3) is 0 Å². The molecule has 1 aromatic rings. The number of benzene rings is 1. The van der Waals surface area contributed by atoms with Gasteiger partial charge in [-0.25, -0.2) is 8.42 Å². The van der Waals surface area contributed by atoms with E-state index < -0.39 is 9.84 Å². The Labute approximate surface area is 102 Å². The van der Waals surface area contributed by atoms with E-state index in [0.29, 0.717) is 12.8 Å². The van der Waals surface area contributed by atoms with Crippen molar-refractivity contribution in [2.75, 3.05) is 25.2 Å². The monoisotopic (exact) mass is 258 g/mol. The van der Waals surface area contributed by atoms with E-state index in [9.17, 15) is 8.42 Å². The van der Waals surface area contributed by atoms with Gasteiger partial charge in [0.1, 0.15) is 22.2 Å². The molecule has 0 amide bonds. The number of rotatable bonds is 7. The maximum Gasteiger partial charge on any atom is 0.147 e. The zero-order chi connectivity index (χ0) is 12.7. The third-order valence-corrected chi connectivity index (χ3v) is 3.31. The normalized spacial score (nSPS) is 11.4. The molecule has 17 heavy (non-hydrogen) atoms. The van der Waals surface area contributed by atoms with E-state index >= 15 is 0 Å². The Kier molecular flexibility index (Phi) is 5.44. The van der Waals surface area contributed by atoms with Gasteiger partial charge in [0.2, 0.25) is 0 Å². The lowest BCUT2D eigenvalue weighted by molar-refractivity contribution is 0.200. The van der Waals surface area contributed by atoms with Crippen molar-refractivity contribution in [3.8, 4) is 5.75 Å². The van der Waals surface area contributed by atoms with Crippen LogP contribution < -0.4 is 4.74 Å². The molecular formula is C12H18O4S. The van der Waals surface area contributed by atoms with Gasteiger partial charge in [-0.05, 0) is 24.5 Å². The fourth-order valence-electron chi connectivity index (χ4n) is 1.53. The standard InChI is InChI=1S/C12H18O4S/c1-17(14,15)10-4-6-11-5-2-3-7-12(11)16-9-8-13/h2-3,5,7,13H,4,6,8-10H2,1H3. The SMILES string of the molecule is CS(=O)(=O)CCCc1ccccc1OCCO. The molecule has 0 saturated heterocycles. The molecule has 0 radical (unpaired) electrons. The van der Waals surface area contributed by atoms with Crippen molar-refractivity contribution in [2.45, 2.75) is 12.8 Å². The van der Waals surface area contributed by atoms with Gasteiger partial charge in [0.05, 0.1) is 12.4 Å². The van der Waals surface area contributed by atoms with Crippen LogP contribution in [-0.2, 0) is 16.3 Å². The summed E-state index contributed by atoms with van der Waals surface area (Å²) >= 11 is 0.